The molecule has 1 aliphatic carbocycles. The molecule has 1 heterocycles. The molecule has 2 atom stereocenters. The second-order valence-electron chi connectivity index (χ2n) is 4.84. The van der Waals surface area contributed by atoms with E-state index in [9.17, 15) is 4.79 Å². The summed E-state index contributed by atoms with van der Waals surface area (Å²) in [6, 6.07) is 2.10. The molecule has 1 fully saturated rings. The quantitative estimate of drug-likeness (QED) is 0.894. The summed E-state index contributed by atoms with van der Waals surface area (Å²) in [4.78, 5) is 12.3. The van der Waals surface area contributed by atoms with E-state index in [4.69, 9.17) is 5.73 Å². The smallest absolute Gasteiger partial charge is 0.268 e. The summed E-state index contributed by atoms with van der Waals surface area (Å²) >= 11 is 3.41. The van der Waals surface area contributed by atoms with Crippen molar-refractivity contribution in [2.75, 3.05) is 6.54 Å². The molecule has 0 bridgehead atoms. The van der Waals surface area contributed by atoms with Gasteiger partial charge in [-0.15, -0.1) is 0 Å². The molecule has 0 aliphatic heterocycles. The highest BCUT2D eigenvalue weighted by atomic mass is 79.9. The summed E-state index contributed by atoms with van der Waals surface area (Å²) in [5.74, 6) is 0.440. The van der Waals surface area contributed by atoms with Crippen LogP contribution in [0, 0.1) is 5.92 Å². The van der Waals surface area contributed by atoms with Crippen molar-refractivity contribution in [3.05, 3.63) is 22.4 Å². The Morgan fingerprint density at radius 3 is 3.06 bits per heavy atom. The van der Waals surface area contributed by atoms with E-state index in [2.05, 4.69) is 21.2 Å². The first-order valence-corrected chi connectivity index (χ1v) is 7.31. The van der Waals surface area contributed by atoms with Gasteiger partial charge in [-0.25, -0.2) is 0 Å². The van der Waals surface area contributed by atoms with Crippen molar-refractivity contribution in [3.63, 3.8) is 0 Å². The molecule has 0 spiro atoms. The second kappa shape index (κ2) is 5.89. The molecule has 5 heteroatoms. The monoisotopic (exact) mass is 313 g/mol. The van der Waals surface area contributed by atoms with E-state index in [1.54, 1.807) is 0 Å². The molecule has 1 aromatic rings. The first-order chi connectivity index (χ1) is 8.65. The van der Waals surface area contributed by atoms with E-state index >= 15 is 0 Å². The number of amides is 1. The molecule has 18 heavy (non-hydrogen) atoms. The van der Waals surface area contributed by atoms with Crippen LogP contribution in [-0.2, 0) is 6.54 Å². The van der Waals surface area contributed by atoms with Crippen LogP contribution in [0.1, 0.15) is 36.7 Å². The summed E-state index contributed by atoms with van der Waals surface area (Å²) < 4.78 is 2.89. The van der Waals surface area contributed by atoms with Crippen LogP contribution in [-0.4, -0.2) is 23.1 Å². The molecular formula is C13H20BrN3O. The fourth-order valence-corrected chi connectivity index (χ4v) is 3.14. The van der Waals surface area contributed by atoms with Crippen LogP contribution in [0.3, 0.4) is 0 Å². The van der Waals surface area contributed by atoms with E-state index in [0.29, 0.717) is 18.2 Å². The van der Waals surface area contributed by atoms with Gasteiger partial charge in [-0.3, -0.25) is 4.79 Å². The molecule has 1 saturated carbocycles. The van der Waals surface area contributed by atoms with Gasteiger partial charge in [0.1, 0.15) is 5.69 Å². The van der Waals surface area contributed by atoms with Crippen LogP contribution in [0.25, 0.3) is 0 Å². The van der Waals surface area contributed by atoms with Gasteiger partial charge in [-0.05, 0) is 54.2 Å². The van der Waals surface area contributed by atoms with Gasteiger partial charge in [0.2, 0.25) is 0 Å². The molecule has 3 N–H and O–H groups in total. The first kappa shape index (κ1) is 13.6. The van der Waals surface area contributed by atoms with Crippen LogP contribution in [0.2, 0.25) is 0 Å². The Balaban J connectivity index is 2.07. The predicted octanol–water partition coefficient (Wildman–Crippen LogP) is 2.13. The topological polar surface area (TPSA) is 60.0 Å². The largest absolute Gasteiger partial charge is 0.348 e. The van der Waals surface area contributed by atoms with Gasteiger partial charge in [-0.2, -0.15) is 0 Å². The number of hydrogen-bond acceptors (Lipinski definition) is 2. The van der Waals surface area contributed by atoms with Crippen molar-refractivity contribution in [2.45, 2.75) is 38.8 Å². The predicted molar refractivity (Wildman–Crippen MR) is 75.5 cm³/mol. The van der Waals surface area contributed by atoms with Gasteiger partial charge in [0.25, 0.3) is 5.91 Å². The van der Waals surface area contributed by atoms with Gasteiger partial charge >= 0.3 is 0 Å². The average molecular weight is 314 g/mol. The zero-order valence-electron chi connectivity index (χ0n) is 10.7. The van der Waals surface area contributed by atoms with Crippen LogP contribution >= 0.6 is 15.9 Å². The molecule has 0 radical (unpaired) electrons. The van der Waals surface area contributed by atoms with Crippen LogP contribution in [0.4, 0.5) is 0 Å². The fraction of sp³-hybridized carbons (Fsp3) is 0.615. The lowest BCUT2D eigenvalue weighted by molar-refractivity contribution is 0.0919. The van der Waals surface area contributed by atoms with Crippen molar-refractivity contribution in [2.24, 2.45) is 11.7 Å². The van der Waals surface area contributed by atoms with E-state index in [-0.39, 0.29) is 11.9 Å². The zero-order chi connectivity index (χ0) is 13.1. The lowest BCUT2D eigenvalue weighted by Gasteiger charge is -2.19. The van der Waals surface area contributed by atoms with Crippen LogP contribution < -0.4 is 11.1 Å². The molecule has 0 aromatic carbocycles. The number of carbonyl (C=O) groups is 1. The third-order valence-electron chi connectivity index (χ3n) is 3.71. The first-order valence-electron chi connectivity index (χ1n) is 6.52. The molecule has 100 valence electrons. The van der Waals surface area contributed by atoms with Crippen molar-refractivity contribution >= 4 is 21.8 Å². The Bertz CT molecular complexity index is 430. The number of hydrogen-bond donors (Lipinski definition) is 2. The zero-order valence-corrected chi connectivity index (χ0v) is 12.2. The van der Waals surface area contributed by atoms with Gasteiger partial charge in [0, 0.05) is 23.3 Å². The maximum atomic E-state index is 12.3. The maximum absolute atomic E-state index is 12.3. The molecule has 4 nitrogen and oxygen atoms in total. The van der Waals surface area contributed by atoms with E-state index in [0.717, 1.165) is 30.3 Å². The highest BCUT2D eigenvalue weighted by Gasteiger charge is 2.28. The number of nitrogens with one attached hydrogen (secondary N) is 1. The lowest BCUT2D eigenvalue weighted by atomic mass is 10.0. The Labute approximate surface area is 116 Å². The minimum Gasteiger partial charge on any atom is -0.348 e. The Hall–Kier alpha value is -0.810. The lowest BCUT2D eigenvalue weighted by Crippen LogP contribution is -2.40. The summed E-state index contributed by atoms with van der Waals surface area (Å²) in [6.07, 6.45) is 5.26. The van der Waals surface area contributed by atoms with Crippen LogP contribution in [0.5, 0.6) is 0 Å². The van der Waals surface area contributed by atoms with Gasteiger partial charge in [0.05, 0.1) is 0 Å². The number of rotatable bonds is 4. The normalized spacial score (nSPS) is 23.3. The van der Waals surface area contributed by atoms with Crippen molar-refractivity contribution in [1.82, 2.24) is 9.88 Å². The van der Waals surface area contributed by atoms with Gasteiger partial charge in [-0.1, -0.05) is 6.42 Å². The van der Waals surface area contributed by atoms with E-state index < -0.39 is 0 Å². The summed E-state index contributed by atoms with van der Waals surface area (Å²) in [5.41, 5.74) is 6.45. The Kier molecular flexibility index (Phi) is 4.45. The minimum absolute atomic E-state index is 0.00731. The van der Waals surface area contributed by atoms with Crippen molar-refractivity contribution < 1.29 is 4.79 Å². The Morgan fingerprint density at radius 1 is 1.61 bits per heavy atom. The molecule has 2 unspecified atom stereocenters. The van der Waals surface area contributed by atoms with Gasteiger partial charge < -0.3 is 15.6 Å². The summed E-state index contributed by atoms with van der Waals surface area (Å²) in [6.45, 7) is 3.48. The molecule has 0 saturated heterocycles. The van der Waals surface area contributed by atoms with Crippen molar-refractivity contribution in [1.29, 1.82) is 0 Å². The minimum atomic E-state index is 0.00731. The van der Waals surface area contributed by atoms with E-state index in [1.807, 2.05) is 23.8 Å². The highest BCUT2D eigenvalue weighted by molar-refractivity contribution is 9.10. The number of halogens is 1. The maximum Gasteiger partial charge on any atom is 0.268 e. The van der Waals surface area contributed by atoms with Crippen molar-refractivity contribution in [3.8, 4) is 0 Å². The fourth-order valence-electron chi connectivity index (χ4n) is 2.68. The molecule has 1 aromatic heterocycles. The summed E-state index contributed by atoms with van der Waals surface area (Å²) in [5, 5.41) is 3.12. The standard InChI is InChI=1S/C13H20BrN3O/c1-2-17-8-10(14)6-12(17)13(18)16-11-5-3-4-9(11)7-15/h6,8-9,11H,2-5,7,15H2,1H3,(H,16,18). The Morgan fingerprint density at radius 2 is 2.39 bits per heavy atom. The second-order valence-corrected chi connectivity index (χ2v) is 5.75. The average Bonchev–Trinajstić information content (AvgIpc) is 2.94. The SMILES string of the molecule is CCn1cc(Br)cc1C(=O)NC1CCCC1CN. The molecule has 1 amide bonds. The third-order valence-corrected chi connectivity index (χ3v) is 4.15. The number of nitrogens with zero attached hydrogens (tertiary/aromatic N) is 1. The summed E-state index contributed by atoms with van der Waals surface area (Å²) in [7, 11) is 0. The van der Waals surface area contributed by atoms with E-state index in [1.165, 1.54) is 0 Å². The molecule has 1 aliphatic rings. The highest BCUT2D eigenvalue weighted by Crippen LogP contribution is 2.25. The molecule has 2 rings (SSSR count). The number of carbonyl (C=O) groups excluding carboxylic acids is 1. The number of nitrogens with two attached hydrogens (primary N) is 1. The third kappa shape index (κ3) is 2.78. The number of aromatic nitrogens is 1. The van der Waals surface area contributed by atoms with Crippen LogP contribution in [0.15, 0.2) is 16.7 Å². The molecular weight excluding hydrogens is 294 g/mol. The van der Waals surface area contributed by atoms with Gasteiger partial charge in [0.15, 0.2) is 0 Å². The number of aryl methyl sites for hydroxylation is 1.